The zero-order valence-corrected chi connectivity index (χ0v) is 16.9. The summed E-state index contributed by atoms with van der Waals surface area (Å²) in [6.45, 7) is 4.55. The number of aromatic nitrogens is 2. The molecule has 0 saturated carbocycles. The minimum Gasteiger partial charge on any atom is -0.465 e. The number of nitrogens with two attached hydrogens (primary N) is 1. The number of carbonyl (C=O) groups excluding carboxylic acids is 1. The van der Waals surface area contributed by atoms with Gasteiger partial charge in [0.25, 0.3) is 0 Å². The van der Waals surface area contributed by atoms with Gasteiger partial charge in [0, 0.05) is 30.3 Å². The van der Waals surface area contributed by atoms with Crippen molar-refractivity contribution in [1.82, 2.24) is 14.9 Å². The van der Waals surface area contributed by atoms with Crippen LogP contribution in [-0.4, -0.2) is 44.6 Å². The van der Waals surface area contributed by atoms with Gasteiger partial charge in [-0.3, -0.25) is 9.78 Å². The Hall–Kier alpha value is -3.42. The van der Waals surface area contributed by atoms with E-state index in [1.807, 2.05) is 32.0 Å². The maximum atomic E-state index is 11.5. The number of hydrogen-bond donors (Lipinski definition) is 2. The van der Waals surface area contributed by atoms with Crippen LogP contribution in [0.4, 0.5) is 4.79 Å². The summed E-state index contributed by atoms with van der Waals surface area (Å²) in [5.41, 5.74) is 8.61. The fourth-order valence-corrected chi connectivity index (χ4v) is 4.08. The predicted molar refractivity (Wildman–Crippen MR) is 111 cm³/mol. The van der Waals surface area contributed by atoms with E-state index in [2.05, 4.69) is 4.98 Å². The smallest absolute Gasteiger partial charge is 0.407 e. The lowest BCUT2D eigenvalue weighted by Gasteiger charge is -2.39. The van der Waals surface area contributed by atoms with Crippen molar-refractivity contribution < 1.29 is 19.1 Å². The lowest BCUT2D eigenvalue weighted by Crippen LogP contribution is -2.47. The topological polar surface area (TPSA) is 123 Å². The molecule has 2 amide bonds. The second-order valence-corrected chi connectivity index (χ2v) is 8.04. The molecule has 0 radical (unpaired) electrons. The second kappa shape index (κ2) is 7.78. The molecule has 3 heterocycles. The number of carbonyl (C=O) groups is 2. The minimum atomic E-state index is -0.871. The lowest BCUT2D eigenvalue weighted by molar-refractivity contribution is 0.0794. The van der Waals surface area contributed by atoms with E-state index in [1.165, 1.54) is 11.1 Å². The molecule has 0 bridgehead atoms. The molecule has 1 aliphatic heterocycles. The van der Waals surface area contributed by atoms with Crippen molar-refractivity contribution in [2.24, 2.45) is 11.7 Å². The second-order valence-electron chi connectivity index (χ2n) is 8.04. The van der Waals surface area contributed by atoms with Crippen molar-refractivity contribution in [3.63, 3.8) is 0 Å². The Labute approximate surface area is 173 Å². The monoisotopic (exact) mass is 408 g/mol. The molecule has 3 N–H and O–H groups in total. The number of oxazole rings is 1. The third-order valence-electron chi connectivity index (χ3n) is 5.76. The van der Waals surface area contributed by atoms with Gasteiger partial charge in [-0.15, -0.1) is 0 Å². The van der Waals surface area contributed by atoms with Crippen LogP contribution in [0.5, 0.6) is 0 Å². The number of piperidine rings is 1. The zero-order chi connectivity index (χ0) is 21.4. The van der Waals surface area contributed by atoms with Gasteiger partial charge in [0.15, 0.2) is 11.5 Å². The van der Waals surface area contributed by atoms with Crippen LogP contribution in [0.2, 0.25) is 0 Å². The summed E-state index contributed by atoms with van der Waals surface area (Å²) in [6, 6.07) is 8.99. The van der Waals surface area contributed by atoms with E-state index < -0.39 is 12.0 Å². The van der Waals surface area contributed by atoms with E-state index in [0.717, 1.165) is 11.1 Å². The number of pyridine rings is 1. The first-order valence-corrected chi connectivity index (χ1v) is 9.99. The standard InChI is InChI=1S/C22H24N4O4/c1-12(2)18-10-14(7-8-26(18)22(28)29)21-25-17-9-13(4-6-19(17)30-21)16-5-3-15(11-24-16)20(23)27/h3-6,9,11-12,14,18H,7-8,10H2,1-2H3,(H2,23,27)(H,28,29). The Balaban J connectivity index is 1.59. The zero-order valence-electron chi connectivity index (χ0n) is 16.9. The summed E-state index contributed by atoms with van der Waals surface area (Å²) < 4.78 is 6.01. The van der Waals surface area contributed by atoms with Crippen LogP contribution in [0, 0.1) is 5.92 Å². The summed E-state index contributed by atoms with van der Waals surface area (Å²) in [5, 5.41) is 9.47. The lowest BCUT2D eigenvalue weighted by atomic mass is 9.85. The van der Waals surface area contributed by atoms with E-state index in [1.54, 1.807) is 12.1 Å². The summed E-state index contributed by atoms with van der Waals surface area (Å²) in [5.74, 6) is 0.431. The summed E-state index contributed by atoms with van der Waals surface area (Å²) >= 11 is 0. The molecule has 0 spiro atoms. The molecule has 1 saturated heterocycles. The highest BCUT2D eigenvalue weighted by Gasteiger charge is 2.35. The predicted octanol–water partition coefficient (Wildman–Crippen LogP) is 3.87. The molecule has 1 fully saturated rings. The molecule has 8 nitrogen and oxygen atoms in total. The third kappa shape index (κ3) is 3.72. The molecule has 0 aliphatic carbocycles. The van der Waals surface area contributed by atoms with Crippen molar-refractivity contribution in [1.29, 1.82) is 0 Å². The Morgan fingerprint density at radius 2 is 2.07 bits per heavy atom. The highest BCUT2D eigenvalue weighted by atomic mass is 16.4. The highest BCUT2D eigenvalue weighted by molar-refractivity contribution is 5.92. The van der Waals surface area contributed by atoms with Crippen molar-refractivity contribution in [2.45, 2.75) is 38.6 Å². The van der Waals surface area contributed by atoms with Gasteiger partial charge in [-0.05, 0) is 49.1 Å². The molecule has 156 valence electrons. The van der Waals surface area contributed by atoms with Crippen molar-refractivity contribution >= 4 is 23.1 Å². The van der Waals surface area contributed by atoms with Gasteiger partial charge in [-0.1, -0.05) is 13.8 Å². The van der Waals surface area contributed by atoms with Crippen LogP contribution >= 0.6 is 0 Å². The summed E-state index contributed by atoms with van der Waals surface area (Å²) in [7, 11) is 0. The fourth-order valence-electron chi connectivity index (χ4n) is 4.08. The van der Waals surface area contributed by atoms with Gasteiger partial charge < -0.3 is 20.2 Å². The number of nitrogens with zero attached hydrogens (tertiary/aromatic N) is 3. The highest BCUT2D eigenvalue weighted by Crippen LogP contribution is 2.36. The first-order valence-electron chi connectivity index (χ1n) is 9.99. The maximum Gasteiger partial charge on any atom is 0.407 e. The van der Waals surface area contributed by atoms with Crippen LogP contribution in [0.1, 0.15) is 48.9 Å². The van der Waals surface area contributed by atoms with Crippen LogP contribution in [0.15, 0.2) is 40.9 Å². The minimum absolute atomic E-state index is 0.0557. The van der Waals surface area contributed by atoms with E-state index in [-0.39, 0.29) is 17.9 Å². The summed E-state index contributed by atoms with van der Waals surface area (Å²) in [6.07, 6.45) is 1.97. The van der Waals surface area contributed by atoms with Gasteiger partial charge >= 0.3 is 6.09 Å². The molecule has 1 aliphatic rings. The largest absolute Gasteiger partial charge is 0.465 e. The Morgan fingerprint density at radius 1 is 1.27 bits per heavy atom. The van der Waals surface area contributed by atoms with Gasteiger partial charge in [-0.2, -0.15) is 0 Å². The van der Waals surface area contributed by atoms with E-state index in [4.69, 9.17) is 15.1 Å². The molecule has 30 heavy (non-hydrogen) atoms. The normalized spacial score (nSPS) is 19.4. The number of primary amides is 1. The van der Waals surface area contributed by atoms with Crippen molar-refractivity contribution in [3.8, 4) is 11.3 Å². The molecule has 2 aromatic heterocycles. The van der Waals surface area contributed by atoms with E-state index >= 15 is 0 Å². The van der Waals surface area contributed by atoms with Crippen LogP contribution in [0.25, 0.3) is 22.4 Å². The number of hydrogen-bond acceptors (Lipinski definition) is 5. The van der Waals surface area contributed by atoms with Gasteiger partial charge in [0.05, 0.1) is 11.3 Å². The number of rotatable bonds is 4. The molecule has 4 rings (SSSR count). The molecular formula is C22H24N4O4. The van der Waals surface area contributed by atoms with Gasteiger partial charge in [0.1, 0.15) is 5.52 Å². The van der Waals surface area contributed by atoms with Crippen LogP contribution < -0.4 is 5.73 Å². The van der Waals surface area contributed by atoms with Crippen molar-refractivity contribution in [2.75, 3.05) is 6.54 Å². The van der Waals surface area contributed by atoms with E-state index in [9.17, 15) is 14.7 Å². The average Bonchev–Trinajstić information content (AvgIpc) is 3.16. The molecular weight excluding hydrogens is 384 g/mol. The Bertz CT molecular complexity index is 1090. The number of amides is 2. The van der Waals surface area contributed by atoms with Crippen LogP contribution in [-0.2, 0) is 0 Å². The van der Waals surface area contributed by atoms with Crippen LogP contribution in [0.3, 0.4) is 0 Å². The van der Waals surface area contributed by atoms with E-state index in [0.29, 0.717) is 42.1 Å². The fraction of sp³-hybridized carbons (Fsp3) is 0.364. The third-order valence-corrected chi connectivity index (χ3v) is 5.76. The number of carboxylic acid groups (broad SMARTS) is 1. The molecule has 3 aromatic rings. The first kappa shape index (κ1) is 19.9. The number of fused-ring (bicyclic) bond motifs is 1. The number of benzene rings is 1. The quantitative estimate of drug-likeness (QED) is 0.675. The first-order chi connectivity index (χ1) is 14.3. The van der Waals surface area contributed by atoms with Gasteiger partial charge in [-0.25, -0.2) is 9.78 Å². The molecule has 2 atom stereocenters. The molecule has 8 heteroatoms. The molecule has 2 unspecified atom stereocenters. The Morgan fingerprint density at radius 3 is 2.70 bits per heavy atom. The van der Waals surface area contributed by atoms with Crippen molar-refractivity contribution in [3.05, 3.63) is 48.0 Å². The maximum absolute atomic E-state index is 11.5. The summed E-state index contributed by atoms with van der Waals surface area (Å²) in [4.78, 5) is 33.3. The SMILES string of the molecule is CC(C)C1CC(c2nc3cc(-c4ccc(C(N)=O)cn4)ccc3o2)CCN1C(=O)O. The molecule has 1 aromatic carbocycles. The Kier molecular flexibility index (Phi) is 5.15. The number of likely N-dealkylation sites (tertiary alicyclic amines) is 1. The van der Waals surface area contributed by atoms with Gasteiger partial charge in [0.2, 0.25) is 5.91 Å². The average molecular weight is 408 g/mol.